The fourth-order valence-corrected chi connectivity index (χ4v) is 5.28. The van der Waals surface area contributed by atoms with Crippen LogP contribution in [0, 0.1) is 17.6 Å². The number of rotatable bonds is 7. The van der Waals surface area contributed by atoms with E-state index < -0.39 is 11.6 Å². The van der Waals surface area contributed by atoms with Gasteiger partial charge in [0.1, 0.15) is 0 Å². The molecule has 0 aliphatic heterocycles. The minimum absolute atomic E-state index is 0.108. The van der Waals surface area contributed by atoms with Crippen molar-refractivity contribution < 1.29 is 8.78 Å². The van der Waals surface area contributed by atoms with Crippen LogP contribution in [0.3, 0.4) is 0 Å². The molecule has 0 heterocycles. The average Bonchev–Trinajstić information content (AvgIpc) is 2.85. The summed E-state index contributed by atoms with van der Waals surface area (Å²) in [5, 5.41) is 1.10. The molecule has 0 spiro atoms. The standard InChI is InChI=1S/C31H34F2/c1-4-6-8-28-19-27-18-17-26(20-29(27)31(33)30(28)32)21(3)23-13-15-25(16-14-23)24-11-9-22(7-5-2)10-12-24/h4-5,7,13-22,24H,1,6,8-12H2,2-3H3/b7-5+. The van der Waals surface area contributed by atoms with Crippen LogP contribution in [-0.2, 0) is 6.42 Å². The van der Waals surface area contributed by atoms with Gasteiger partial charge in [0.15, 0.2) is 11.6 Å². The van der Waals surface area contributed by atoms with E-state index in [0.29, 0.717) is 29.7 Å². The van der Waals surface area contributed by atoms with Gasteiger partial charge in [-0.1, -0.05) is 61.5 Å². The van der Waals surface area contributed by atoms with E-state index >= 15 is 0 Å². The zero-order valence-corrected chi connectivity index (χ0v) is 19.8. The molecule has 172 valence electrons. The molecule has 0 amide bonds. The quantitative estimate of drug-likeness (QED) is 0.319. The summed E-state index contributed by atoms with van der Waals surface area (Å²) >= 11 is 0. The van der Waals surface area contributed by atoms with Crippen LogP contribution in [0.15, 0.2) is 73.3 Å². The van der Waals surface area contributed by atoms with E-state index in [1.807, 2.05) is 18.2 Å². The van der Waals surface area contributed by atoms with Crippen LogP contribution in [0.2, 0.25) is 0 Å². The largest absolute Gasteiger partial charge is 0.203 e. The van der Waals surface area contributed by atoms with Gasteiger partial charge in [-0.3, -0.25) is 0 Å². The number of hydrogen-bond acceptors (Lipinski definition) is 0. The lowest BCUT2D eigenvalue weighted by atomic mass is 9.78. The van der Waals surface area contributed by atoms with E-state index in [4.69, 9.17) is 0 Å². The fraction of sp³-hybridized carbons (Fsp3) is 0.355. The van der Waals surface area contributed by atoms with Gasteiger partial charge in [0.2, 0.25) is 0 Å². The Morgan fingerprint density at radius 2 is 1.64 bits per heavy atom. The predicted octanol–water partition coefficient (Wildman–Crippen LogP) is 9.24. The van der Waals surface area contributed by atoms with Crippen LogP contribution >= 0.6 is 0 Å². The highest BCUT2D eigenvalue weighted by Crippen LogP contribution is 2.37. The first-order valence-corrected chi connectivity index (χ1v) is 12.3. The first-order valence-electron chi connectivity index (χ1n) is 12.3. The minimum atomic E-state index is -0.746. The van der Waals surface area contributed by atoms with E-state index in [-0.39, 0.29) is 5.92 Å². The number of hydrogen-bond donors (Lipinski definition) is 0. The van der Waals surface area contributed by atoms with Gasteiger partial charge in [-0.05, 0) is 97.1 Å². The second kappa shape index (κ2) is 10.5. The molecule has 1 unspecified atom stereocenters. The maximum Gasteiger partial charge on any atom is 0.166 e. The highest BCUT2D eigenvalue weighted by atomic mass is 19.2. The minimum Gasteiger partial charge on any atom is -0.203 e. The van der Waals surface area contributed by atoms with Crippen LogP contribution in [0.25, 0.3) is 10.8 Å². The molecule has 4 rings (SSSR count). The Balaban J connectivity index is 1.52. The third kappa shape index (κ3) is 5.11. The molecule has 0 N–H and O–H groups in total. The van der Waals surface area contributed by atoms with Gasteiger partial charge >= 0.3 is 0 Å². The summed E-state index contributed by atoms with van der Waals surface area (Å²) in [4.78, 5) is 0. The Labute approximate surface area is 197 Å². The number of aryl methyl sites for hydroxylation is 1. The first kappa shape index (κ1) is 23.4. The van der Waals surface area contributed by atoms with E-state index in [2.05, 4.69) is 56.8 Å². The van der Waals surface area contributed by atoms with Gasteiger partial charge in [-0.2, -0.15) is 0 Å². The van der Waals surface area contributed by atoms with Crippen molar-refractivity contribution in [3.8, 4) is 0 Å². The zero-order chi connectivity index (χ0) is 23.4. The van der Waals surface area contributed by atoms with Gasteiger partial charge in [0.25, 0.3) is 0 Å². The summed E-state index contributed by atoms with van der Waals surface area (Å²) in [5.74, 6) is 0.00884. The summed E-state index contributed by atoms with van der Waals surface area (Å²) < 4.78 is 29.4. The highest BCUT2D eigenvalue weighted by Gasteiger charge is 2.21. The van der Waals surface area contributed by atoms with E-state index in [1.165, 1.54) is 36.8 Å². The summed E-state index contributed by atoms with van der Waals surface area (Å²) in [7, 11) is 0. The number of halogens is 2. The lowest BCUT2D eigenvalue weighted by Crippen LogP contribution is -2.11. The molecule has 1 fully saturated rings. The smallest absolute Gasteiger partial charge is 0.166 e. The molecule has 3 aromatic rings. The second-order valence-electron chi connectivity index (χ2n) is 9.50. The summed E-state index contributed by atoms with van der Waals surface area (Å²) in [5.41, 5.74) is 4.03. The SMILES string of the molecule is C=CCCc1cc2ccc(C(C)c3ccc(C4CCC(/C=C/C)CC4)cc3)cc2c(F)c1F. The maximum atomic E-state index is 14.9. The molecule has 1 saturated carbocycles. The monoisotopic (exact) mass is 444 g/mol. The van der Waals surface area contributed by atoms with E-state index in [0.717, 1.165) is 16.9 Å². The summed E-state index contributed by atoms with van der Waals surface area (Å²) in [6, 6.07) is 16.5. The molecule has 0 bridgehead atoms. The molecular weight excluding hydrogens is 410 g/mol. The molecule has 0 aromatic heterocycles. The molecule has 2 heteroatoms. The van der Waals surface area contributed by atoms with Gasteiger partial charge in [-0.15, -0.1) is 6.58 Å². The highest BCUT2D eigenvalue weighted by molar-refractivity contribution is 5.85. The van der Waals surface area contributed by atoms with Crippen molar-refractivity contribution >= 4 is 10.8 Å². The molecule has 0 saturated heterocycles. The van der Waals surface area contributed by atoms with Gasteiger partial charge in [0, 0.05) is 11.3 Å². The molecular formula is C31H34F2. The third-order valence-corrected chi connectivity index (χ3v) is 7.38. The Kier molecular flexibility index (Phi) is 7.42. The molecule has 1 atom stereocenters. The summed E-state index contributed by atoms with van der Waals surface area (Å²) in [6.45, 7) is 7.91. The summed E-state index contributed by atoms with van der Waals surface area (Å²) in [6.07, 6.45) is 12.4. The van der Waals surface area contributed by atoms with Crippen LogP contribution in [-0.4, -0.2) is 0 Å². The molecule has 1 aliphatic carbocycles. The molecule has 3 aromatic carbocycles. The van der Waals surface area contributed by atoms with Crippen LogP contribution < -0.4 is 0 Å². The molecule has 1 aliphatic rings. The number of benzene rings is 3. The van der Waals surface area contributed by atoms with E-state index in [1.54, 1.807) is 12.1 Å². The third-order valence-electron chi connectivity index (χ3n) is 7.38. The Bertz CT molecular complexity index is 1130. The van der Waals surface area contributed by atoms with Gasteiger partial charge < -0.3 is 0 Å². The van der Waals surface area contributed by atoms with Crippen molar-refractivity contribution in [2.75, 3.05) is 0 Å². The van der Waals surface area contributed by atoms with Crippen molar-refractivity contribution in [1.29, 1.82) is 0 Å². The Hall–Kier alpha value is -2.74. The van der Waals surface area contributed by atoms with Crippen molar-refractivity contribution in [1.82, 2.24) is 0 Å². The molecule has 33 heavy (non-hydrogen) atoms. The molecule has 0 radical (unpaired) electrons. The number of fused-ring (bicyclic) bond motifs is 1. The van der Waals surface area contributed by atoms with E-state index in [9.17, 15) is 8.78 Å². The average molecular weight is 445 g/mol. The first-order chi connectivity index (χ1) is 16.0. The zero-order valence-electron chi connectivity index (χ0n) is 19.8. The molecule has 0 nitrogen and oxygen atoms in total. The lowest BCUT2D eigenvalue weighted by Gasteiger charge is -2.27. The van der Waals surface area contributed by atoms with Crippen LogP contribution in [0.4, 0.5) is 8.78 Å². The van der Waals surface area contributed by atoms with Crippen molar-refractivity contribution in [3.05, 3.63) is 107 Å². The fourth-order valence-electron chi connectivity index (χ4n) is 5.28. The Morgan fingerprint density at radius 3 is 2.30 bits per heavy atom. The predicted molar refractivity (Wildman–Crippen MR) is 136 cm³/mol. The Morgan fingerprint density at radius 1 is 0.939 bits per heavy atom. The van der Waals surface area contributed by atoms with Gasteiger partial charge in [-0.25, -0.2) is 8.78 Å². The van der Waals surface area contributed by atoms with Crippen molar-refractivity contribution in [3.63, 3.8) is 0 Å². The van der Waals surface area contributed by atoms with Crippen LogP contribution in [0.1, 0.15) is 80.0 Å². The normalized spacial score (nSPS) is 19.8. The lowest BCUT2D eigenvalue weighted by molar-refractivity contribution is 0.375. The topological polar surface area (TPSA) is 0 Å². The van der Waals surface area contributed by atoms with Crippen LogP contribution in [0.5, 0.6) is 0 Å². The number of allylic oxidation sites excluding steroid dienone is 3. The second-order valence-corrected chi connectivity index (χ2v) is 9.50. The maximum absolute atomic E-state index is 14.9. The van der Waals surface area contributed by atoms with Crippen molar-refractivity contribution in [2.45, 2.75) is 64.2 Å². The van der Waals surface area contributed by atoms with Gasteiger partial charge in [0.05, 0.1) is 0 Å². The van der Waals surface area contributed by atoms with Crippen molar-refractivity contribution in [2.24, 2.45) is 5.92 Å².